The number of rotatable bonds is 4. The van der Waals surface area contributed by atoms with E-state index >= 15 is 0 Å². The molecular weight excluding hydrogens is 631 g/mol. The van der Waals surface area contributed by atoms with Crippen LogP contribution >= 0.6 is 0 Å². The standard InChI is InChI=1S/C35H24.C14H13N3/c1-23-16-18-24(19-17-23)26-12-6-15-29-27(13-7-14-28(26)29)25-20-21-34-32-10-3-2-8-30(32)31-9-4-5-11-33(31)35(34)22-25;15-13(11-7-3-1-4-8-11)17-14(16)12-9-5-2-6-10-12/h2-22H,1H3;1-10H,(H3,15,16,17). The van der Waals surface area contributed by atoms with Crippen LogP contribution in [0.4, 0.5) is 0 Å². The van der Waals surface area contributed by atoms with Crippen molar-refractivity contribution < 1.29 is 0 Å². The van der Waals surface area contributed by atoms with Crippen molar-refractivity contribution in [1.82, 2.24) is 0 Å². The molecule has 9 aromatic rings. The number of benzene rings is 9. The largest absolute Gasteiger partial charge is 0.383 e. The molecule has 0 aromatic heterocycles. The molecule has 0 unspecified atom stereocenters. The van der Waals surface area contributed by atoms with Crippen LogP contribution in [0.15, 0.2) is 193 Å². The second-order valence-corrected chi connectivity index (χ2v) is 13.0. The van der Waals surface area contributed by atoms with Crippen molar-refractivity contribution >= 4 is 54.8 Å². The second kappa shape index (κ2) is 14.2. The summed E-state index contributed by atoms with van der Waals surface area (Å²) in [6.45, 7) is 2.14. The van der Waals surface area contributed by atoms with Crippen LogP contribution in [0.2, 0.25) is 0 Å². The van der Waals surface area contributed by atoms with Gasteiger partial charge in [-0.15, -0.1) is 0 Å². The minimum atomic E-state index is 0.173. The summed E-state index contributed by atoms with van der Waals surface area (Å²) in [5.74, 6) is 0.534. The quantitative estimate of drug-likeness (QED) is 0.109. The molecule has 0 aliphatic rings. The number of aryl methyl sites for hydroxylation is 1. The molecule has 0 bridgehead atoms. The Kier molecular flexibility index (Phi) is 8.83. The van der Waals surface area contributed by atoms with Crippen LogP contribution < -0.4 is 5.73 Å². The molecule has 9 rings (SSSR count). The maximum atomic E-state index is 7.84. The Morgan fingerprint density at radius 1 is 0.404 bits per heavy atom. The van der Waals surface area contributed by atoms with Gasteiger partial charge in [0.25, 0.3) is 0 Å². The molecule has 0 spiro atoms. The van der Waals surface area contributed by atoms with Gasteiger partial charge >= 0.3 is 0 Å². The molecule has 0 aliphatic carbocycles. The summed E-state index contributed by atoms with van der Waals surface area (Å²) in [7, 11) is 0. The first kappa shape index (κ1) is 32.4. The molecule has 0 atom stereocenters. The number of amidine groups is 2. The van der Waals surface area contributed by atoms with E-state index in [1.54, 1.807) is 0 Å². The Balaban J connectivity index is 0.000000192. The van der Waals surface area contributed by atoms with Crippen molar-refractivity contribution in [2.75, 3.05) is 0 Å². The van der Waals surface area contributed by atoms with Crippen LogP contribution in [0.1, 0.15) is 16.7 Å². The smallest absolute Gasteiger partial charge is 0.154 e. The summed E-state index contributed by atoms with van der Waals surface area (Å²) in [5, 5.41) is 18.3. The van der Waals surface area contributed by atoms with E-state index in [1.807, 2.05) is 60.7 Å². The molecular formula is C49H37N3. The first-order valence-corrected chi connectivity index (χ1v) is 17.5. The average molecular weight is 668 g/mol. The van der Waals surface area contributed by atoms with Crippen molar-refractivity contribution in [1.29, 1.82) is 5.41 Å². The van der Waals surface area contributed by atoms with Gasteiger partial charge in [-0.1, -0.05) is 188 Å². The molecule has 9 aromatic carbocycles. The van der Waals surface area contributed by atoms with Gasteiger partial charge in [-0.25, -0.2) is 4.99 Å². The molecule has 3 N–H and O–H groups in total. The van der Waals surface area contributed by atoms with E-state index in [0.29, 0.717) is 5.84 Å². The van der Waals surface area contributed by atoms with Crippen LogP contribution in [-0.2, 0) is 0 Å². The van der Waals surface area contributed by atoms with E-state index in [-0.39, 0.29) is 5.84 Å². The minimum Gasteiger partial charge on any atom is -0.383 e. The van der Waals surface area contributed by atoms with E-state index in [4.69, 9.17) is 11.1 Å². The number of aliphatic imine (C=N–C) groups is 1. The minimum absolute atomic E-state index is 0.173. The van der Waals surface area contributed by atoms with Crippen LogP contribution in [0.5, 0.6) is 0 Å². The zero-order chi connectivity index (χ0) is 35.4. The number of nitrogens with two attached hydrogens (primary N) is 1. The molecule has 52 heavy (non-hydrogen) atoms. The molecule has 0 amide bonds. The summed E-state index contributed by atoms with van der Waals surface area (Å²) in [5.41, 5.74) is 13.8. The predicted molar refractivity (Wildman–Crippen MR) is 223 cm³/mol. The molecule has 3 nitrogen and oxygen atoms in total. The third-order valence-electron chi connectivity index (χ3n) is 9.69. The second-order valence-electron chi connectivity index (χ2n) is 13.0. The highest BCUT2D eigenvalue weighted by atomic mass is 14.9. The summed E-state index contributed by atoms with van der Waals surface area (Å²) >= 11 is 0. The van der Waals surface area contributed by atoms with Gasteiger partial charge in [-0.2, -0.15) is 0 Å². The van der Waals surface area contributed by atoms with Crippen molar-refractivity contribution in [3.63, 3.8) is 0 Å². The molecule has 0 radical (unpaired) electrons. The van der Waals surface area contributed by atoms with Gasteiger partial charge in [-0.05, 0) is 78.3 Å². The Morgan fingerprint density at radius 3 is 1.38 bits per heavy atom. The first-order valence-electron chi connectivity index (χ1n) is 17.5. The lowest BCUT2D eigenvalue weighted by Gasteiger charge is -2.14. The van der Waals surface area contributed by atoms with Crippen LogP contribution in [0.3, 0.4) is 0 Å². The Hall–Kier alpha value is -6.84. The topological polar surface area (TPSA) is 62.2 Å². The Bertz CT molecular complexity index is 2710. The first-order chi connectivity index (χ1) is 25.5. The number of nitrogens with zero attached hydrogens (tertiary/aromatic N) is 1. The molecule has 0 saturated heterocycles. The van der Waals surface area contributed by atoms with Crippen molar-refractivity contribution in [3.8, 4) is 22.3 Å². The lowest BCUT2D eigenvalue weighted by molar-refractivity contribution is 1.40. The fourth-order valence-corrected chi connectivity index (χ4v) is 7.08. The lowest BCUT2D eigenvalue weighted by Crippen LogP contribution is -2.15. The fourth-order valence-electron chi connectivity index (χ4n) is 7.08. The van der Waals surface area contributed by atoms with Gasteiger partial charge in [0.1, 0.15) is 5.84 Å². The summed E-state index contributed by atoms with van der Waals surface area (Å²) in [6.07, 6.45) is 0. The van der Waals surface area contributed by atoms with Gasteiger partial charge in [-0.3, -0.25) is 5.41 Å². The zero-order valence-electron chi connectivity index (χ0n) is 28.9. The monoisotopic (exact) mass is 667 g/mol. The van der Waals surface area contributed by atoms with Gasteiger partial charge in [0.2, 0.25) is 0 Å². The van der Waals surface area contributed by atoms with E-state index in [9.17, 15) is 0 Å². The number of fused-ring (bicyclic) bond motifs is 7. The van der Waals surface area contributed by atoms with E-state index in [0.717, 1.165) is 11.1 Å². The summed E-state index contributed by atoms with van der Waals surface area (Å²) in [4.78, 5) is 4.10. The summed E-state index contributed by atoms with van der Waals surface area (Å²) in [6, 6.07) is 65.5. The number of hydrogen-bond acceptors (Lipinski definition) is 1. The average Bonchev–Trinajstić information content (AvgIpc) is 3.21. The summed E-state index contributed by atoms with van der Waals surface area (Å²) < 4.78 is 0. The maximum absolute atomic E-state index is 7.84. The third kappa shape index (κ3) is 6.32. The highest BCUT2D eigenvalue weighted by Gasteiger charge is 2.12. The zero-order valence-corrected chi connectivity index (χ0v) is 28.9. The van der Waals surface area contributed by atoms with Gasteiger partial charge in [0.05, 0.1) is 0 Å². The van der Waals surface area contributed by atoms with Gasteiger partial charge < -0.3 is 5.73 Å². The van der Waals surface area contributed by atoms with Crippen molar-refractivity contribution in [3.05, 3.63) is 205 Å². The van der Waals surface area contributed by atoms with Crippen LogP contribution in [0, 0.1) is 12.3 Å². The molecule has 0 heterocycles. The maximum Gasteiger partial charge on any atom is 0.154 e. The fraction of sp³-hybridized carbons (Fsp3) is 0.0204. The third-order valence-corrected chi connectivity index (χ3v) is 9.69. The van der Waals surface area contributed by atoms with Crippen molar-refractivity contribution in [2.45, 2.75) is 6.92 Å². The van der Waals surface area contributed by atoms with E-state index in [2.05, 4.69) is 139 Å². The van der Waals surface area contributed by atoms with Gasteiger partial charge in [0, 0.05) is 11.1 Å². The molecule has 0 aliphatic heterocycles. The van der Waals surface area contributed by atoms with Crippen LogP contribution in [-0.4, -0.2) is 11.7 Å². The number of hydrogen-bond donors (Lipinski definition) is 2. The molecule has 248 valence electrons. The van der Waals surface area contributed by atoms with E-state index in [1.165, 1.54) is 70.9 Å². The lowest BCUT2D eigenvalue weighted by atomic mass is 9.89. The normalized spacial score (nSPS) is 11.4. The van der Waals surface area contributed by atoms with Crippen molar-refractivity contribution in [2.24, 2.45) is 10.7 Å². The molecule has 3 heteroatoms. The highest BCUT2D eigenvalue weighted by Crippen LogP contribution is 2.39. The highest BCUT2D eigenvalue weighted by molar-refractivity contribution is 6.26. The van der Waals surface area contributed by atoms with E-state index < -0.39 is 0 Å². The Morgan fingerprint density at radius 2 is 0.827 bits per heavy atom. The predicted octanol–water partition coefficient (Wildman–Crippen LogP) is 12.4. The SMILES string of the molecule is Cc1ccc(-c2cccc3c(-c4ccc5c6ccccc6c6ccccc6c5c4)cccc23)cc1.N=C(N=C(N)c1ccccc1)c1ccccc1. The Labute approximate surface area is 303 Å². The van der Waals surface area contributed by atoms with Crippen LogP contribution in [0.25, 0.3) is 65.3 Å². The molecule has 0 fully saturated rings. The number of nitrogens with one attached hydrogen (secondary N) is 1. The van der Waals surface area contributed by atoms with Gasteiger partial charge in [0.15, 0.2) is 5.84 Å². The molecule has 0 saturated carbocycles.